The van der Waals surface area contributed by atoms with Gasteiger partial charge < -0.3 is 10.2 Å². The van der Waals surface area contributed by atoms with E-state index in [2.05, 4.69) is 39.2 Å². The van der Waals surface area contributed by atoms with Crippen LogP contribution in [0.4, 0.5) is 17.3 Å². The van der Waals surface area contributed by atoms with Gasteiger partial charge in [0, 0.05) is 18.8 Å². The summed E-state index contributed by atoms with van der Waals surface area (Å²) in [5, 5.41) is 3.18. The van der Waals surface area contributed by atoms with Crippen LogP contribution in [0, 0.1) is 0 Å². The zero-order chi connectivity index (χ0) is 12.8. The van der Waals surface area contributed by atoms with E-state index in [0.717, 1.165) is 30.4 Å². The molecule has 1 N–H and O–H groups in total. The molecule has 0 radical (unpaired) electrons. The van der Waals surface area contributed by atoms with Crippen LogP contribution in [0.2, 0.25) is 0 Å². The highest BCUT2D eigenvalue weighted by Gasteiger charge is 2.08. The second-order valence-electron chi connectivity index (χ2n) is 3.87. The van der Waals surface area contributed by atoms with Crippen LogP contribution in [0.25, 0.3) is 0 Å². The molecule has 0 saturated heterocycles. The van der Waals surface area contributed by atoms with Crippen LogP contribution in [0.15, 0.2) is 42.7 Å². The fraction of sp³-hybridized carbons (Fsp3) is 0.286. The minimum atomic E-state index is 0.810. The van der Waals surface area contributed by atoms with E-state index in [4.69, 9.17) is 0 Å². The molecule has 0 fully saturated rings. The third kappa shape index (κ3) is 2.77. The van der Waals surface area contributed by atoms with E-state index in [1.165, 1.54) is 0 Å². The highest BCUT2D eigenvalue weighted by Crippen LogP contribution is 2.22. The normalized spacial score (nSPS) is 10.1. The van der Waals surface area contributed by atoms with Crippen molar-refractivity contribution in [2.45, 2.75) is 13.8 Å². The van der Waals surface area contributed by atoms with Gasteiger partial charge in [-0.15, -0.1) is 0 Å². The monoisotopic (exact) mass is 242 g/mol. The van der Waals surface area contributed by atoms with Crippen molar-refractivity contribution in [2.75, 3.05) is 23.3 Å². The molecule has 0 spiro atoms. The van der Waals surface area contributed by atoms with Crippen molar-refractivity contribution in [3.05, 3.63) is 42.7 Å². The molecule has 0 aliphatic carbocycles. The number of nitrogens with zero attached hydrogens (tertiary/aromatic N) is 3. The summed E-state index contributed by atoms with van der Waals surface area (Å²) in [6.45, 7) is 5.85. The lowest BCUT2D eigenvalue weighted by Gasteiger charge is -2.22. The largest absolute Gasteiger partial charge is 0.369 e. The predicted molar refractivity (Wildman–Crippen MR) is 75.3 cm³/mol. The summed E-state index contributed by atoms with van der Waals surface area (Å²) < 4.78 is 0. The molecule has 2 aromatic rings. The predicted octanol–water partition coefficient (Wildman–Crippen LogP) is 3.07. The van der Waals surface area contributed by atoms with Crippen molar-refractivity contribution < 1.29 is 0 Å². The molecule has 0 aliphatic heterocycles. The highest BCUT2D eigenvalue weighted by atomic mass is 15.2. The molecule has 0 bridgehead atoms. The van der Waals surface area contributed by atoms with Crippen LogP contribution in [0.3, 0.4) is 0 Å². The summed E-state index contributed by atoms with van der Waals surface area (Å²) in [5.41, 5.74) is 1.13. The molecule has 4 heteroatoms. The van der Waals surface area contributed by atoms with E-state index in [9.17, 15) is 0 Å². The number of hydrogen-bond acceptors (Lipinski definition) is 4. The molecule has 0 amide bonds. The summed E-state index contributed by atoms with van der Waals surface area (Å²) in [4.78, 5) is 10.9. The second-order valence-corrected chi connectivity index (χ2v) is 3.87. The van der Waals surface area contributed by atoms with Crippen molar-refractivity contribution >= 4 is 17.3 Å². The SMILES string of the molecule is CCNc1cncc(N(CC)c2ccccc2)n1. The Morgan fingerprint density at radius 3 is 2.56 bits per heavy atom. The van der Waals surface area contributed by atoms with Crippen LogP contribution in [0.1, 0.15) is 13.8 Å². The molecular weight excluding hydrogens is 224 g/mol. The first-order chi connectivity index (χ1) is 8.85. The van der Waals surface area contributed by atoms with Crippen molar-refractivity contribution in [1.82, 2.24) is 9.97 Å². The summed E-state index contributed by atoms with van der Waals surface area (Å²) in [6, 6.07) is 10.2. The van der Waals surface area contributed by atoms with Crippen LogP contribution in [-0.4, -0.2) is 23.1 Å². The van der Waals surface area contributed by atoms with Crippen molar-refractivity contribution in [1.29, 1.82) is 0 Å². The number of rotatable bonds is 5. The van der Waals surface area contributed by atoms with Crippen LogP contribution in [-0.2, 0) is 0 Å². The van der Waals surface area contributed by atoms with Gasteiger partial charge in [-0.3, -0.25) is 4.98 Å². The summed E-state index contributed by atoms with van der Waals surface area (Å²) >= 11 is 0. The standard InChI is InChI=1S/C14H18N4/c1-3-16-13-10-15-11-14(17-13)18(4-2)12-8-6-5-7-9-12/h5-11H,3-4H2,1-2H3,(H,16,17). The number of hydrogen-bond donors (Lipinski definition) is 1. The first kappa shape index (κ1) is 12.4. The lowest BCUT2D eigenvalue weighted by atomic mass is 10.3. The van der Waals surface area contributed by atoms with Crippen molar-refractivity contribution in [2.24, 2.45) is 0 Å². The molecule has 1 aromatic heterocycles. The molecule has 1 heterocycles. The first-order valence-corrected chi connectivity index (χ1v) is 6.23. The minimum Gasteiger partial charge on any atom is -0.369 e. The summed E-state index contributed by atoms with van der Waals surface area (Å²) in [6.07, 6.45) is 3.53. The number of para-hydroxylation sites is 1. The van der Waals surface area contributed by atoms with E-state index in [-0.39, 0.29) is 0 Å². The van der Waals surface area contributed by atoms with Crippen LogP contribution in [0.5, 0.6) is 0 Å². The fourth-order valence-electron chi connectivity index (χ4n) is 1.84. The lowest BCUT2D eigenvalue weighted by Crippen LogP contribution is -2.18. The van der Waals surface area contributed by atoms with Gasteiger partial charge in [0.15, 0.2) is 5.82 Å². The molecule has 0 atom stereocenters. The van der Waals surface area contributed by atoms with Gasteiger partial charge in [-0.1, -0.05) is 18.2 Å². The number of anilines is 3. The third-order valence-electron chi connectivity index (χ3n) is 2.64. The fourth-order valence-corrected chi connectivity index (χ4v) is 1.84. The van der Waals surface area contributed by atoms with Gasteiger partial charge in [0.05, 0.1) is 12.4 Å². The average molecular weight is 242 g/mol. The van der Waals surface area contributed by atoms with Gasteiger partial charge in [-0.2, -0.15) is 0 Å². The van der Waals surface area contributed by atoms with E-state index in [1.807, 2.05) is 25.1 Å². The molecule has 2 rings (SSSR count). The molecule has 1 aromatic carbocycles. The molecule has 0 aliphatic rings. The van der Waals surface area contributed by atoms with Crippen LogP contribution < -0.4 is 10.2 Å². The van der Waals surface area contributed by atoms with Gasteiger partial charge >= 0.3 is 0 Å². The Labute approximate surface area is 108 Å². The Bertz CT molecular complexity index is 484. The quantitative estimate of drug-likeness (QED) is 0.874. The minimum absolute atomic E-state index is 0.810. The smallest absolute Gasteiger partial charge is 0.153 e. The third-order valence-corrected chi connectivity index (χ3v) is 2.64. The highest BCUT2D eigenvalue weighted by molar-refractivity contribution is 5.60. The van der Waals surface area contributed by atoms with Crippen molar-refractivity contribution in [3.63, 3.8) is 0 Å². The maximum atomic E-state index is 4.56. The molecule has 94 valence electrons. The summed E-state index contributed by atoms with van der Waals surface area (Å²) in [5.74, 6) is 1.67. The van der Waals surface area contributed by atoms with E-state index >= 15 is 0 Å². The van der Waals surface area contributed by atoms with Gasteiger partial charge in [0.25, 0.3) is 0 Å². The molecule has 4 nitrogen and oxygen atoms in total. The molecule has 0 unspecified atom stereocenters. The average Bonchev–Trinajstić information content (AvgIpc) is 2.42. The summed E-state index contributed by atoms with van der Waals surface area (Å²) in [7, 11) is 0. The maximum Gasteiger partial charge on any atom is 0.153 e. The van der Waals surface area contributed by atoms with Gasteiger partial charge in [-0.25, -0.2) is 4.98 Å². The van der Waals surface area contributed by atoms with Gasteiger partial charge in [0.1, 0.15) is 5.82 Å². The molecule has 18 heavy (non-hydrogen) atoms. The van der Waals surface area contributed by atoms with Gasteiger partial charge in [0.2, 0.25) is 0 Å². The second kappa shape index (κ2) is 6.00. The number of benzene rings is 1. The van der Waals surface area contributed by atoms with E-state index < -0.39 is 0 Å². The molecule has 0 saturated carbocycles. The maximum absolute atomic E-state index is 4.56. The van der Waals surface area contributed by atoms with Gasteiger partial charge in [-0.05, 0) is 26.0 Å². The Hall–Kier alpha value is -2.10. The lowest BCUT2D eigenvalue weighted by molar-refractivity contribution is 0.973. The van der Waals surface area contributed by atoms with E-state index in [0.29, 0.717) is 0 Å². The van der Waals surface area contributed by atoms with Crippen LogP contribution >= 0.6 is 0 Å². The Kier molecular flexibility index (Phi) is 4.12. The zero-order valence-corrected chi connectivity index (χ0v) is 10.8. The number of aromatic nitrogens is 2. The van der Waals surface area contributed by atoms with Crippen molar-refractivity contribution in [3.8, 4) is 0 Å². The van der Waals surface area contributed by atoms with E-state index in [1.54, 1.807) is 12.4 Å². The zero-order valence-electron chi connectivity index (χ0n) is 10.8. The Morgan fingerprint density at radius 2 is 1.89 bits per heavy atom. The Balaban J connectivity index is 2.30. The first-order valence-electron chi connectivity index (χ1n) is 6.23. The molecular formula is C14H18N4. The number of nitrogens with one attached hydrogen (secondary N) is 1. The Morgan fingerprint density at radius 1 is 1.11 bits per heavy atom. The topological polar surface area (TPSA) is 41.1 Å².